The van der Waals surface area contributed by atoms with Gasteiger partial charge < -0.3 is 37.9 Å². The largest absolute Gasteiger partial charge is 0.467 e. The molecule has 608 valence electrons. The minimum atomic E-state index is -0.0566. The quantitative estimate of drug-likeness (QED) is 0.0268. The molecule has 4 atom stereocenters. The summed E-state index contributed by atoms with van der Waals surface area (Å²) in [5, 5.41) is 27.8. The molecule has 12 rings (SSSR count). The third-order valence-electron chi connectivity index (χ3n) is 18.2. The number of rotatable bonds is 28. The van der Waals surface area contributed by atoms with E-state index >= 15 is 0 Å². The monoisotopic (exact) mass is 1630 g/mol. The topological polar surface area (TPSA) is 143 Å². The van der Waals surface area contributed by atoms with Gasteiger partial charge in [0.1, 0.15) is 23.0 Å². The Morgan fingerprint density at radius 2 is 0.526 bits per heavy atom. The van der Waals surface area contributed by atoms with Crippen molar-refractivity contribution >= 4 is 102 Å². The first-order chi connectivity index (χ1) is 55.5. The van der Waals surface area contributed by atoms with Gasteiger partial charge in [-0.05, 0) is 177 Å². The zero-order valence-electron chi connectivity index (χ0n) is 71.1. The summed E-state index contributed by atoms with van der Waals surface area (Å²) in [6, 6.07) is 67.1. The van der Waals surface area contributed by atoms with Crippen LogP contribution in [-0.4, -0.2) is 99.2 Å². The van der Waals surface area contributed by atoms with Crippen LogP contribution in [0.2, 0.25) is 0 Å². The highest BCUT2D eigenvalue weighted by Crippen LogP contribution is 2.39. The molecule has 0 aliphatic rings. The Morgan fingerprint density at radius 3 is 0.828 bits per heavy atom. The molecular weight excluding hydrogens is 1520 g/mol. The van der Waals surface area contributed by atoms with Gasteiger partial charge in [0.15, 0.2) is 27.2 Å². The average molecular weight is 1630 g/mol. The minimum Gasteiger partial charge on any atom is -0.467 e. The van der Waals surface area contributed by atoms with Gasteiger partial charge in [0.05, 0.1) is 24.9 Å². The number of hydrogen-bond donors (Lipinski definition) is 0. The zero-order chi connectivity index (χ0) is 83.4. The smallest absolute Gasteiger partial charge is 0.188 e. The highest BCUT2D eigenvalue weighted by molar-refractivity contribution is 7.57. The molecule has 0 aliphatic carbocycles. The highest BCUT2D eigenvalue weighted by Gasteiger charge is 2.28. The summed E-state index contributed by atoms with van der Waals surface area (Å²) >= 11 is 0. The normalized spacial score (nSPS) is 12.3. The number of methoxy groups -OCH3 is 4. The van der Waals surface area contributed by atoms with Gasteiger partial charge in [-0.25, -0.2) is 18.7 Å². The van der Waals surface area contributed by atoms with E-state index in [1.165, 1.54) is 75.8 Å². The fourth-order valence-corrected chi connectivity index (χ4v) is 17.8. The molecule has 0 spiro atoms. The Bertz CT molecular complexity index is 5090. The molecule has 4 unspecified atom stereocenters. The van der Waals surface area contributed by atoms with Crippen LogP contribution < -0.4 is 61.4 Å². The molecule has 4 heterocycles. The number of nitrogens with zero attached hydrogens (tertiary/aromatic N) is 8. The summed E-state index contributed by atoms with van der Waals surface area (Å²) in [4.78, 5) is 0. The molecule has 0 radical (unpaired) electrons. The highest BCUT2D eigenvalue weighted by atomic mass is 31.1. The predicted octanol–water partition coefficient (Wildman–Crippen LogP) is 18.4. The SMILES string of the molecule is COCOc1c(C)cc(C(C)(C)C)cc1Pc1ccccc1/C=N/n1cccc1.COCOc1c(C)cc(C)cc1Pc1ccccc1/C=N/n1cccc1.COCOc1c(Pc2ccccc2/C=N/n2cccc2)cc(C(C)(C)C)cc1C(C)(C)C.COCOc1c(Pc2ccccc2/C=N/n2cccc2)cc(C)cc1C(C)(C)C. The van der Waals surface area contributed by atoms with Gasteiger partial charge in [0.2, 0.25) is 0 Å². The summed E-state index contributed by atoms with van der Waals surface area (Å²) in [6.45, 7) is 36.2. The van der Waals surface area contributed by atoms with Crippen LogP contribution in [-0.2, 0) is 40.6 Å². The van der Waals surface area contributed by atoms with Gasteiger partial charge in [0, 0.05) is 133 Å². The second kappa shape index (κ2) is 43.5. The molecule has 0 amide bonds. The van der Waals surface area contributed by atoms with Crippen molar-refractivity contribution < 1.29 is 37.9 Å². The zero-order valence-corrected chi connectivity index (χ0v) is 75.1. The van der Waals surface area contributed by atoms with Gasteiger partial charge >= 0.3 is 0 Å². The van der Waals surface area contributed by atoms with Crippen molar-refractivity contribution in [3.8, 4) is 23.0 Å². The summed E-state index contributed by atoms with van der Waals surface area (Å²) in [5.41, 5.74) is 14.2. The third-order valence-corrected chi connectivity index (χ3v) is 23.7. The first-order valence-corrected chi connectivity index (χ1v) is 42.7. The van der Waals surface area contributed by atoms with E-state index in [1.807, 2.05) is 146 Å². The Balaban J connectivity index is 0.000000177. The molecule has 12 aromatic rings. The fraction of sp³-hybridized carbons (Fsp3) is 0.292. The standard InChI is InChI=1S/C27H35N2O2P.2C24H29N2O2P.C21H23N2O2P/c1-26(2,3)21-16-22(27(4,5)6)25(31-19-30-7)24(17-21)32-23-13-9-8-12-20(23)18-28-29-14-10-11-15-29;1-18-14-20(24(2,3)4)15-22(23(18)28-17-27-5)29-21-11-7-6-10-19(21)16-25-26-12-8-9-13-26;1-18-14-20(24(2,3)4)23(28-17-27-5)22(15-18)29-21-11-7-6-10-19(21)16-25-26-12-8-9-13-26;1-16-12-17(2)21(25-15-24-3)20(13-16)26-19-9-5-4-8-18(19)14-22-23-10-6-7-11-23/h8-18,32H,19H2,1-7H3;2*6-16,29H,17H2,1-5H3;4-14,26H,15H2,1-3H3/b28-18+;2*25-16+;22-14+. The van der Waals surface area contributed by atoms with Crippen molar-refractivity contribution in [2.45, 2.75) is 132 Å². The number of aromatic nitrogens is 4. The van der Waals surface area contributed by atoms with Crippen LogP contribution >= 0.6 is 34.3 Å². The molecule has 0 saturated carbocycles. The first kappa shape index (κ1) is 90.2. The lowest BCUT2D eigenvalue weighted by atomic mass is 9.80. The maximum Gasteiger partial charge on any atom is 0.188 e. The van der Waals surface area contributed by atoms with E-state index in [-0.39, 0.29) is 48.8 Å². The minimum absolute atomic E-state index is 0.0241. The van der Waals surface area contributed by atoms with Crippen LogP contribution in [0.25, 0.3) is 0 Å². The molecule has 16 nitrogen and oxygen atoms in total. The van der Waals surface area contributed by atoms with Gasteiger partial charge in [-0.1, -0.05) is 239 Å². The van der Waals surface area contributed by atoms with E-state index in [0.717, 1.165) is 56.4 Å². The van der Waals surface area contributed by atoms with Crippen LogP contribution in [0, 0.1) is 27.7 Å². The third kappa shape index (κ3) is 27.2. The summed E-state index contributed by atoms with van der Waals surface area (Å²) < 4.78 is 52.0. The van der Waals surface area contributed by atoms with E-state index in [1.54, 1.807) is 42.5 Å². The molecule has 4 aromatic heterocycles. The number of hydrogen-bond acceptors (Lipinski definition) is 12. The maximum atomic E-state index is 6.19. The van der Waals surface area contributed by atoms with Crippen molar-refractivity contribution in [1.29, 1.82) is 0 Å². The average Bonchev–Trinajstić information content (AvgIpc) is 0.883. The summed E-state index contributed by atoms with van der Waals surface area (Å²) in [7, 11) is 8.40. The van der Waals surface area contributed by atoms with Crippen molar-refractivity contribution in [3.05, 3.63) is 310 Å². The lowest BCUT2D eigenvalue weighted by Crippen LogP contribution is -2.24. The van der Waals surface area contributed by atoms with E-state index in [4.69, 9.17) is 37.9 Å². The lowest BCUT2D eigenvalue weighted by Gasteiger charge is -2.29. The number of aryl methyl sites for hydroxylation is 4. The predicted molar refractivity (Wildman–Crippen MR) is 495 cm³/mol. The molecule has 20 heteroatoms. The van der Waals surface area contributed by atoms with Crippen LogP contribution in [0.5, 0.6) is 23.0 Å². The summed E-state index contributed by atoms with van der Waals surface area (Å²) in [6.07, 6.45) is 23.1. The van der Waals surface area contributed by atoms with Crippen molar-refractivity contribution in [2.24, 2.45) is 20.4 Å². The molecule has 0 bridgehead atoms. The van der Waals surface area contributed by atoms with E-state index in [9.17, 15) is 0 Å². The number of benzene rings is 8. The Kier molecular flexibility index (Phi) is 33.8. The summed E-state index contributed by atoms with van der Waals surface area (Å²) in [5.74, 6) is 3.69. The van der Waals surface area contributed by atoms with E-state index in [2.05, 4.69) is 259 Å². The van der Waals surface area contributed by atoms with E-state index in [0.29, 0.717) is 34.3 Å². The molecule has 0 fully saturated rings. The van der Waals surface area contributed by atoms with Gasteiger partial charge in [0.25, 0.3) is 0 Å². The molecule has 8 aromatic carbocycles. The van der Waals surface area contributed by atoms with Gasteiger partial charge in [-0.3, -0.25) is 0 Å². The Hall–Kier alpha value is -9.68. The Morgan fingerprint density at radius 1 is 0.276 bits per heavy atom. The van der Waals surface area contributed by atoms with Crippen LogP contribution in [0.4, 0.5) is 0 Å². The molecule has 116 heavy (non-hydrogen) atoms. The first-order valence-electron chi connectivity index (χ1n) is 38.7. The van der Waals surface area contributed by atoms with Gasteiger partial charge in [-0.2, -0.15) is 20.4 Å². The molecule has 0 N–H and O–H groups in total. The molecule has 0 saturated heterocycles. The van der Waals surface area contributed by atoms with E-state index < -0.39 is 0 Å². The van der Waals surface area contributed by atoms with Crippen LogP contribution in [0.15, 0.2) is 264 Å². The fourth-order valence-electron chi connectivity index (χ4n) is 12.2. The molecule has 0 aliphatic heterocycles. The Labute approximate surface area is 695 Å². The molecular formula is C96H116N8O8P4. The second-order valence-electron chi connectivity index (χ2n) is 32.0. The van der Waals surface area contributed by atoms with Gasteiger partial charge in [-0.15, -0.1) is 0 Å². The second-order valence-corrected chi connectivity index (χ2v) is 37.3. The van der Waals surface area contributed by atoms with Crippen LogP contribution in [0.3, 0.4) is 0 Å². The number of ether oxygens (including phenoxy) is 8. The maximum absolute atomic E-state index is 6.19. The van der Waals surface area contributed by atoms with Crippen LogP contribution in [0.1, 0.15) is 150 Å². The van der Waals surface area contributed by atoms with Crippen molar-refractivity contribution in [2.75, 3.05) is 55.6 Å². The van der Waals surface area contributed by atoms with Crippen molar-refractivity contribution in [3.63, 3.8) is 0 Å². The lowest BCUT2D eigenvalue weighted by molar-refractivity contribution is 0.0504. The van der Waals surface area contributed by atoms with Crippen molar-refractivity contribution in [1.82, 2.24) is 18.7 Å².